The van der Waals surface area contributed by atoms with E-state index < -0.39 is 10.0 Å². The molecule has 0 radical (unpaired) electrons. The minimum atomic E-state index is -3.58. The Morgan fingerprint density at radius 3 is 2.46 bits per heavy atom. The van der Waals surface area contributed by atoms with Gasteiger partial charge in [-0.3, -0.25) is 4.79 Å². The lowest BCUT2D eigenvalue weighted by Crippen LogP contribution is -2.30. The molecule has 0 bridgehead atoms. The Hall–Kier alpha value is -2.58. The highest BCUT2D eigenvalue weighted by Gasteiger charge is 2.21. The van der Waals surface area contributed by atoms with Gasteiger partial charge >= 0.3 is 0 Å². The molecular weight excluding hydrogens is 378 g/mol. The molecule has 0 atom stereocenters. The molecule has 0 unspecified atom stereocenters. The monoisotopic (exact) mass is 405 g/mol. The van der Waals surface area contributed by atoms with Crippen molar-refractivity contribution in [3.05, 3.63) is 48.0 Å². The van der Waals surface area contributed by atoms with E-state index in [2.05, 4.69) is 10.6 Å². The smallest absolute Gasteiger partial charge is 0.243 e. The van der Waals surface area contributed by atoms with Crippen molar-refractivity contribution in [2.45, 2.75) is 25.7 Å². The molecule has 0 saturated heterocycles. The minimum Gasteiger partial charge on any atom is -0.495 e. The first-order valence-electron chi connectivity index (χ1n) is 9.10. The van der Waals surface area contributed by atoms with Gasteiger partial charge in [-0.15, -0.1) is 0 Å². The number of methoxy groups -OCH3 is 1. The van der Waals surface area contributed by atoms with Crippen LogP contribution < -0.4 is 15.4 Å². The van der Waals surface area contributed by atoms with Gasteiger partial charge in [0.05, 0.1) is 24.2 Å². The highest BCUT2D eigenvalue weighted by atomic mass is 32.2. The van der Waals surface area contributed by atoms with Crippen LogP contribution in [-0.2, 0) is 14.8 Å². The summed E-state index contributed by atoms with van der Waals surface area (Å²) in [6.07, 6.45) is 0. The van der Waals surface area contributed by atoms with Crippen molar-refractivity contribution in [3.63, 3.8) is 0 Å². The Kier molecular flexibility index (Phi) is 7.42. The number of hydrogen-bond acceptors (Lipinski definition) is 5. The van der Waals surface area contributed by atoms with E-state index in [4.69, 9.17) is 4.74 Å². The Labute approximate surface area is 166 Å². The molecule has 2 aromatic carbocycles. The molecule has 0 heterocycles. The van der Waals surface area contributed by atoms with Gasteiger partial charge in [-0.25, -0.2) is 8.42 Å². The maximum atomic E-state index is 12.6. The number of sulfonamides is 1. The highest BCUT2D eigenvalue weighted by Crippen LogP contribution is 2.25. The topological polar surface area (TPSA) is 87.7 Å². The van der Waals surface area contributed by atoms with Gasteiger partial charge in [-0.1, -0.05) is 26.0 Å². The van der Waals surface area contributed by atoms with Gasteiger partial charge in [-0.2, -0.15) is 4.31 Å². The zero-order chi connectivity index (χ0) is 20.7. The first-order valence-corrected chi connectivity index (χ1v) is 10.5. The van der Waals surface area contributed by atoms with Crippen LogP contribution in [0.3, 0.4) is 0 Å². The van der Waals surface area contributed by atoms with Gasteiger partial charge < -0.3 is 15.4 Å². The fourth-order valence-electron chi connectivity index (χ4n) is 2.79. The maximum absolute atomic E-state index is 12.6. The second kappa shape index (κ2) is 9.57. The average molecular weight is 406 g/mol. The Morgan fingerprint density at radius 2 is 1.82 bits per heavy atom. The number of aryl methyl sites for hydroxylation is 1. The number of carbonyl (C=O) groups is 1. The number of anilines is 2. The van der Waals surface area contributed by atoms with Crippen molar-refractivity contribution in [2.24, 2.45) is 0 Å². The van der Waals surface area contributed by atoms with E-state index in [-0.39, 0.29) is 17.3 Å². The van der Waals surface area contributed by atoms with Crippen LogP contribution in [0.2, 0.25) is 0 Å². The van der Waals surface area contributed by atoms with E-state index in [1.807, 2.05) is 25.1 Å². The first kappa shape index (κ1) is 21.7. The summed E-state index contributed by atoms with van der Waals surface area (Å²) in [5.74, 6) is 0.353. The Morgan fingerprint density at radius 1 is 1.11 bits per heavy atom. The number of nitrogens with zero attached hydrogens (tertiary/aromatic N) is 1. The highest BCUT2D eigenvalue weighted by molar-refractivity contribution is 7.89. The van der Waals surface area contributed by atoms with Gasteiger partial charge in [0.25, 0.3) is 0 Å². The van der Waals surface area contributed by atoms with Crippen molar-refractivity contribution < 1.29 is 17.9 Å². The SMILES string of the molecule is CCN(CC)S(=O)(=O)c1cccc(NC(=O)CNc2cc(C)ccc2OC)c1. The van der Waals surface area contributed by atoms with Crippen LogP contribution in [0, 0.1) is 6.92 Å². The van der Waals surface area contributed by atoms with E-state index in [0.29, 0.717) is 24.5 Å². The standard InChI is InChI=1S/C20H27N3O4S/c1-5-23(6-2)28(25,26)17-9-7-8-16(13-17)22-20(24)14-21-18-12-15(3)10-11-19(18)27-4/h7-13,21H,5-6,14H2,1-4H3,(H,22,24). The largest absolute Gasteiger partial charge is 0.495 e. The molecule has 0 saturated carbocycles. The molecule has 0 spiro atoms. The predicted octanol–water partition coefficient (Wildman–Crippen LogP) is 3.08. The van der Waals surface area contributed by atoms with Crippen molar-refractivity contribution in [1.82, 2.24) is 4.31 Å². The molecule has 7 nitrogen and oxygen atoms in total. The zero-order valence-electron chi connectivity index (χ0n) is 16.7. The number of benzene rings is 2. The van der Waals surface area contributed by atoms with Gasteiger partial charge in [0.2, 0.25) is 15.9 Å². The quantitative estimate of drug-likeness (QED) is 0.669. The summed E-state index contributed by atoms with van der Waals surface area (Å²) in [5.41, 5.74) is 2.18. The molecule has 0 fully saturated rings. The van der Waals surface area contributed by atoms with Crippen LogP contribution in [0.1, 0.15) is 19.4 Å². The van der Waals surface area contributed by atoms with E-state index >= 15 is 0 Å². The van der Waals surface area contributed by atoms with Crippen molar-refractivity contribution >= 4 is 27.3 Å². The van der Waals surface area contributed by atoms with Gasteiger partial charge in [0.1, 0.15) is 5.75 Å². The van der Waals surface area contributed by atoms with Gasteiger partial charge in [0, 0.05) is 18.8 Å². The van der Waals surface area contributed by atoms with E-state index in [9.17, 15) is 13.2 Å². The lowest BCUT2D eigenvalue weighted by atomic mass is 10.2. The molecule has 2 N–H and O–H groups in total. The number of rotatable bonds is 9. The molecular formula is C20H27N3O4S. The van der Waals surface area contributed by atoms with Crippen LogP contribution in [0.15, 0.2) is 47.4 Å². The molecule has 0 aliphatic carbocycles. The minimum absolute atomic E-state index is 0.0207. The Bertz CT molecular complexity index is 925. The maximum Gasteiger partial charge on any atom is 0.243 e. The lowest BCUT2D eigenvalue weighted by Gasteiger charge is -2.19. The van der Waals surface area contributed by atoms with Crippen molar-refractivity contribution in [2.75, 3.05) is 37.4 Å². The van der Waals surface area contributed by atoms with Gasteiger partial charge in [0.15, 0.2) is 0 Å². The molecule has 0 aromatic heterocycles. The fourth-order valence-corrected chi connectivity index (χ4v) is 4.29. The Balaban J connectivity index is 2.08. The first-order chi connectivity index (χ1) is 13.3. The molecule has 0 aliphatic heterocycles. The number of carbonyl (C=O) groups excluding carboxylic acids is 1. The molecule has 152 valence electrons. The second-order valence-corrected chi connectivity index (χ2v) is 8.16. The van der Waals surface area contributed by atoms with Crippen molar-refractivity contribution in [1.29, 1.82) is 0 Å². The predicted molar refractivity (Wildman–Crippen MR) is 111 cm³/mol. The zero-order valence-corrected chi connectivity index (χ0v) is 17.5. The summed E-state index contributed by atoms with van der Waals surface area (Å²) in [6, 6.07) is 11.9. The van der Waals surface area contributed by atoms with Crippen molar-refractivity contribution in [3.8, 4) is 5.75 Å². The van der Waals surface area contributed by atoms with E-state index in [1.54, 1.807) is 33.1 Å². The number of nitrogens with one attached hydrogen (secondary N) is 2. The third-order valence-corrected chi connectivity index (χ3v) is 6.30. The normalized spacial score (nSPS) is 11.3. The fraction of sp³-hybridized carbons (Fsp3) is 0.350. The average Bonchev–Trinajstić information content (AvgIpc) is 2.67. The van der Waals surface area contributed by atoms with E-state index in [0.717, 1.165) is 11.3 Å². The van der Waals surface area contributed by atoms with Crippen LogP contribution in [0.4, 0.5) is 11.4 Å². The third-order valence-electron chi connectivity index (χ3n) is 4.26. The molecule has 2 rings (SSSR count). The summed E-state index contributed by atoms with van der Waals surface area (Å²) in [6.45, 7) is 6.32. The molecule has 0 aliphatic rings. The molecule has 2 aromatic rings. The lowest BCUT2D eigenvalue weighted by molar-refractivity contribution is -0.114. The summed E-state index contributed by atoms with van der Waals surface area (Å²) < 4.78 is 31.9. The van der Waals surface area contributed by atoms with Crippen LogP contribution in [0.5, 0.6) is 5.75 Å². The third kappa shape index (κ3) is 5.24. The van der Waals surface area contributed by atoms with Gasteiger partial charge in [-0.05, 0) is 42.8 Å². The second-order valence-electron chi connectivity index (χ2n) is 6.22. The summed E-state index contributed by atoms with van der Waals surface area (Å²) in [4.78, 5) is 12.5. The summed E-state index contributed by atoms with van der Waals surface area (Å²) in [7, 11) is -2.01. The molecule has 28 heavy (non-hydrogen) atoms. The summed E-state index contributed by atoms with van der Waals surface area (Å²) in [5, 5.41) is 5.77. The molecule has 1 amide bonds. The number of amides is 1. The number of hydrogen-bond donors (Lipinski definition) is 2. The van der Waals surface area contributed by atoms with E-state index in [1.165, 1.54) is 16.4 Å². The van der Waals surface area contributed by atoms with Crippen LogP contribution >= 0.6 is 0 Å². The molecule has 8 heteroatoms. The summed E-state index contributed by atoms with van der Waals surface area (Å²) >= 11 is 0. The number of ether oxygens (including phenoxy) is 1. The van der Waals surface area contributed by atoms with Crippen LogP contribution in [0.25, 0.3) is 0 Å². The van der Waals surface area contributed by atoms with Crippen LogP contribution in [-0.4, -0.2) is 45.4 Å².